The van der Waals surface area contributed by atoms with Gasteiger partial charge in [-0.15, -0.1) is 0 Å². The fraction of sp³-hybridized carbons (Fsp3) is 0.300. The van der Waals surface area contributed by atoms with E-state index in [1.54, 1.807) is 6.07 Å². The van der Waals surface area contributed by atoms with Gasteiger partial charge in [-0.1, -0.05) is 15.9 Å². The van der Waals surface area contributed by atoms with E-state index in [2.05, 4.69) is 26.2 Å². The van der Waals surface area contributed by atoms with Gasteiger partial charge in [-0.2, -0.15) is 4.39 Å². The Kier molecular flexibility index (Phi) is 3.37. The van der Waals surface area contributed by atoms with E-state index in [0.717, 1.165) is 0 Å². The third kappa shape index (κ3) is 2.44. The smallest absolute Gasteiger partial charge is 0.289 e. The van der Waals surface area contributed by atoms with Crippen LogP contribution in [0.3, 0.4) is 0 Å². The molecule has 90 valence electrons. The predicted octanol–water partition coefficient (Wildman–Crippen LogP) is 1.56. The summed E-state index contributed by atoms with van der Waals surface area (Å²) in [5, 5.41) is 2.57. The Morgan fingerprint density at radius 1 is 1.47 bits per heavy atom. The largest absolute Gasteiger partial charge is 0.328 e. The Bertz CT molecular complexity index is 481. The van der Waals surface area contributed by atoms with Gasteiger partial charge < -0.3 is 0 Å². The predicted molar refractivity (Wildman–Crippen MR) is 62.3 cm³/mol. The van der Waals surface area contributed by atoms with Crippen LogP contribution in [0.2, 0.25) is 0 Å². The van der Waals surface area contributed by atoms with Crippen molar-refractivity contribution in [1.29, 1.82) is 0 Å². The number of anilines is 1. The van der Waals surface area contributed by atoms with Crippen molar-refractivity contribution in [3.05, 3.63) is 23.8 Å². The molecule has 0 spiro atoms. The molecule has 0 bridgehead atoms. The number of imide groups is 1. The Morgan fingerprint density at radius 3 is 2.82 bits per heavy atom. The molecule has 17 heavy (non-hydrogen) atoms. The van der Waals surface area contributed by atoms with Gasteiger partial charge in [0.2, 0.25) is 11.9 Å². The minimum Gasteiger partial charge on any atom is -0.289 e. The molecule has 0 saturated carbocycles. The number of amides is 3. The standard InChI is InChI=1S/C10H9BrFN3O2/c11-5-6-1-2-7(9(12)13-6)15-4-3-8(16)14-10(15)17/h1-2H,3-5H2,(H,14,16,17). The number of pyridine rings is 1. The minimum atomic E-state index is -0.716. The average molecular weight is 302 g/mol. The maximum Gasteiger partial charge on any atom is 0.328 e. The van der Waals surface area contributed by atoms with Gasteiger partial charge in [0.05, 0.1) is 5.69 Å². The number of urea groups is 1. The number of alkyl halides is 1. The van der Waals surface area contributed by atoms with Crippen molar-refractivity contribution >= 4 is 33.6 Å². The maximum absolute atomic E-state index is 13.7. The zero-order chi connectivity index (χ0) is 12.4. The summed E-state index contributed by atoms with van der Waals surface area (Å²) < 4.78 is 13.7. The summed E-state index contributed by atoms with van der Waals surface area (Å²) in [7, 11) is 0. The zero-order valence-corrected chi connectivity index (χ0v) is 10.3. The third-order valence-electron chi connectivity index (χ3n) is 2.37. The van der Waals surface area contributed by atoms with Crippen LogP contribution in [-0.2, 0) is 10.1 Å². The fourth-order valence-corrected chi connectivity index (χ4v) is 1.85. The molecule has 2 rings (SSSR count). The highest BCUT2D eigenvalue weighted by Crippen LogP contribution is 2.20. The topological polar surface area (TPSA) is 62.3 Å². The highest BCUT2D eigenvalue weighted by Gasteiger charge is 2.26. The molecule has 1 N–H and O–H groups in total. The van der Waals surface area contributed by atoms with E-state index in [9.17, 15) is 14.0 Å². The SMILES string of the molecule is O=C1CCN(c2ccc(CBr)nc2F)C(=O)N1. The Labute approximate surface area is 105 Å². The molecule has 0 atom stereocenters. The highest BCUT2D eigenvalue weighted by molar-refractivity contribution is 9.08. The van der Waals surface area contributed by atoms with E-state index in [0.29, 0.717) is 11.0 Å². The molecule has 0 radical (unpaired) electrons. The minimum absolute atomic E-state index is 0.0831. The second-order valence-electron chi connectivity index (χ2n) is 3.50. The number of rotatable bonds is 2. The second kappa shape index (κ2) is 4.79. The Hall–Kier alpha value is -1.50. The normalized spacial score (nSPS) is 16.0. The van der Waals surface area contributed by atoms with Crippen molar-refractivity contribution in [3.63, 3.8) is 0 Å². The van der Waals surface area contributed by atoms with Crippen LogP contribution in [0.15, 0.2) is 12.1 Å². The molecule has 1 aliphatic heterocycles. The number of aromatic nitrogens is 1. The summed E-state index contributed by atoms with van der Waals surface area (Å²) in [6.07, 6.45) is 0.158. The van der Waals surface area contributed by atoms with Gasteiger partial charge >= 0.3 is 6.03 Å². The van der Waals surface area contributed by atoms with Gasteiger partial charge in [-0.25, -0.2) is 9.78 Å². The first-order valence-electron chi connectivity index (χ1n) is 4.94. The van der Waals surface area contributed by atoms with Gasteiger partial charge in [-0.3, -0.25) is 15.0 Å². The summed E-state index contributed by atoms with van der Waals surface area (Å²) in [5.74, 6) is -1.07. The van der Waals surface area contributed by atoms with Gasteiger partial charge in [0.25, 0.3) is 0 Å². The molecule has 0 unspecified atom stereocenters. The van der Waals surface area contributed by atoms with Gasteiger partial charge in [-0.05, 0) is 12.1 Å². The fourth-order valence-electron chi connectivity index (χ4n) is 1.53. The lowest BCUT2D eigenvalue weighted by Crippen LogP contribution is -2.50. The highest BCUT2D eigenvalue weighted by atomic mass is 79.9. The number of hydrogen-bond donors (Lipinski definition) is 1. The zero-order valence-electron chi connectivity index (χ0n) is 8.74. The summed E-state index contributed by atoms with van der Waals surface area (Å²) in [6.45, 7) is 0.164. The van der Waals surface area contributed by atoms with Crippen LogP contribution >= 0.6 is 15.9 Å². The monoisotopic (exact) mass is 301 g/mol. The average Bonchev–Trinajstić information content (AvgIpc) is 2.30. The summed E-state index contributed by atoms with van der Waals surface area (Å²) in [5.41, 5.74) is 0.624. The van der Waals surface area contributed by atoms with Crippen LogP contribution in [0.1, 0.15) is 12.1 Å². The summed E-state index contributed by atoms with van der Waals surface area (Å²) in [6, 6.07) is 2.49. The van der Waals surface area contributed by atoms with Crippen LogP contribution in [-0.4, -0.2) is 23.5 Å². The molecular formula is C10H9BrFN3O2. The van der Waals surface area contributed by atoms with E-state index in [1.165, 1.54) is 11.0 Å². The summed E-state index contributed by atoms with van der Waals surface area (Å²) >= 11 is 3.17. The van der Waals surface area contributed by atoms with Crippen molar-refractivity contribution < 1.29 is 14.0 Å². The molecule has 1 saturated heterocycles. The van der Waals surface area contributed by atoms with Crippen LogP contribution in [0.4, 0.5) is 14.9 Å². The van der Waals surface area contributed by atoms with Crippen LogP contribution in [0.5, 0.6) is 0 Å². The van der Waals surface area contributed by atoms with Crippen molar-refractivity contribution in [2.24, 2.45) is 0 Å². The lowest BCUT2D eigenvalue weighted by molar-refractivity contribution is -0.120. The Morgan fingerprint density at radius 2 is 2.24 bits per heavy atom. The number of carbonyl (C=O) groups is 2. The molecule has 7 heteroatoms. The van der Waals surface area contributed by atoms with Crippen molar-refractivity contribution in [2.75, 3.05) is 11.4 Å². The third-order valence-corrected chi connectivity index (χ3v) is 2.94. The molecule has 0 aliphatic carbocycles. The van der Waals surface area contributed by atoms with Crippen LogP contribution < -0.4 is 10.2 Å². The number of hydrogen-bond acceptors (Lipinski definition) is 3. The van der Waals surface area contributed by atoms with Crippen molar-refractivity contribution in [1.82, 2.24) is 10.3 Å². The van der Waals surface area contributed by atoms with Gasteiger partial charge in [0.15, 0.2) is 0 Å². The van der Waals surface area contributed by atoms with Gasteiger partial charge in [0, 0.05) is 18.3 Å². The van der Waals surface area contributed by atoms with E-state index in [1.807, 2.05) is 0 Å². The molecule has 0 aromatic carbocycles. The number of nitrogens with one attached hydrogen (secondary N) is 1. The van der Waals surface area contributed by atoms with Crippen molar-refractivity contribution in [2.45, 2.75) is 11.8 Å². The molecule has 1 aliphatic rings. The van der Waals surface area contributed by atoms with E-state index in [-0.39, 0.29) is 24.6 Å². The molecule has 1 fully saturated rings. The number of halogens is 2. The lowest BCUT2D eigenvalue weighted by Gasteiger charge is -2.26. The van der Waals surface area contributed by atoms with Crippen molar-refractivity contribution in [3.8, 4) is 0 Å². The van der Waals surface area contributed by atoms with E-state index in [4.69, 9.17) is 0 Å². The maximum atomic E-state index is 13.7. The number of carbonyl (C=O) groups excluding carboxylic acids is 2. The second-order valence-corrected chi connectivity index (χ2v) is 4.06. The molecule has 5 nitrogen and oxygen atoms in total. The first kappa shape index (κ1) is 12.0. The van der Waals surface area contributed by atoms with E-state index < -0.39 is 12.0 Å². The lowest BCUT2D eigenvalue weighted by atomic mass is 10.2. The molecule has 2 heterocycles. The first-order chi connectivity index (χ1) is 8.11. The molecule has 1 aromatic rings. The van der Waals surface area contributed by atoms with Crippen LogP contribution in [0, 0.1) is 5.95 Å². The number of nitrogens with zero attached hydrogens (tertiary/aromatic N) is 2. The first-order valence-corrected chi connectivity index (χ1v) is 6.06. The molecule has 3 amide bonds. The molecular weight excluding hydrogens is 293 g/mol. The quantitative estimate of drug-likeness (QED) is 0.666. The Balaban J connectivity index is 2.28. The van der Waals surface area contributed by atoms with E-state index >= 15 is 0 Å². The molecule has 1 aromatic heterocycles. The van der Waals surface area contributed by atoms with Gasteiger partial charge in [0.1, 0.15) is 5.69 Å². The summed E-state index contributed by atoms with van der Waals surface area (Å²) in [4.78, 5) is 27.3. The van der Waals surface area contributed by atoms with Crippen LogP contribution in [0.25, 0.3) is 0 Å².